The molecule has 0 atom stereocenters. The molecule has 6 heteroatoms. The number of benzene rings is 1. The van der Waals surface area contributed by atoms with Crippen molar-refractivity contribution in [2.24, 2.45) is 0 Å². The van der Waals surface area contributed by atoms with E-state index in [1.54, 1.807) is 13.8 Å². The minimum atomic E-state index is -3.61. The predicted molar refractivity (Wildman–Crippen MR) is 61.6 cm³/mol. The minimum Gasteiger partial charge on any atom is -0.209 e. The molecule has 0 heterocycles. The molecule has 0 saturated carbocycles. The van der Waals surface area contributed by atoms with Crippen LogP contribution in [0.15, 0.2) is 23.1 Å². The van der Waals surface area contributed by atoms with Crippen LogP contribution in [0.2, 0.25) is 5.02 Å². The molecule has 0 bridgehead atoms. The molecule has 4 nitrogen and oxygen atoms in total. The van der Waals surface area contributed by atoms with E-state index in [1.807, 2.05) is 6.07 Å². The highest BCUT2D eigenvalue weighted by Gasteiger charge is 2.18. The molecule has 0 aliphatic heterocycles. The van der Waals surface area contributed by atoms with Crippen LogP contribution in [0.3, 0.4) is 0 Å². The second-order valence-corrected chi connectivity index (χ2v) is 5.62. The fraction of sp³-hybridized carbons (Fsp3) is 0.300. The molecule has 0 radical (unpaired) electrons. The van der Waals surface area contributed by atoms with Gasteiger partial charge < -0.3 is 0 Å². The molecule has 86 valence electrons. The Morgan fingerprint density at radius 1 is 1.44 bits per heavy atom. The second-order valence-electron chi connectivity index (χ2n) is 3.53. The van der Waals surface area contributed by atoms with Crippen molar-refractivity contribution in [3.05, 3.63) is 28.8 Å². The van der Waals surface area contributed by atoms with E-state index in [1.165, 1.54) is 18.2 Å². The average molecular weight is 259 g/mol. The molecule has 1 aromatic rings. The van der Waals surface area contributed by atoms with Gasteiger partial charge in [-0.05, 0) is 32.0 Å². The molecule has 0 fully saturated rings. The molecule has 16 heavy (non-hydrogen) atoms. The summed E-state index contributed by atoms with van der Waals surface area (Å²) < 4.78 is 26.0. The Hall–Kier alpha value is -1.09. The summed E-state index contributed by atoms with van der Waals surface area (Å²) in [5, 5.41) is 8.68. The molecule has 0 spiro atoms. The maximum atomic E-state index is 11.8. The van der Waals surface area contributed by atoms with Crippen LogP contribution in [0.1, 0.15) is 19.4 Å². The summed E-state index contributed by atoms with van der Waals surface area (Å²) >= 11 is 5.81. The van der Waals surface area contributed by atoms with Gasteiger partial charge in [-0.2, -0.15) is 5.26 Å². The van der Waals surface area contributed by atoms with Crippen molar-refractivity contribution >= 4 is 21.6 Å². The summed E-state index contributed by atoms with van der Waals surface area (Å²) in [6, 6.07) is 5.75. The first-order chi connectivity index (χ1) is 7.36. The Morgan fingerprint density at radius 2 is 2.06 bits per heavy atom. The van der Waals surface area contributed by atoms with Crippen molar-refractivity contribution in [3.8, 4) is 6.07 Å². The Labute approximate surface area is 99.9 Å². The largest absolute Gasteiger partial charge is 0.242 e. The molecule has 0 unspecified atom stereocenters. The first-order valence-corrected chi connectivity index (χ1v) is 6.45. The number of hydrogen-bond donors (Lipinski definition) is 1. The van der Waals surface area contributed by atoms with Crippen LogP contribution in [0.25, 0.3) is 0 Å². The van der Waals surface area contributed by atoms with Gasteiger partial charge in [-0.25, -0.2) is 13.1 Å². The van der Waals surface area contributed by atoms with Gasteiger partial charge in [0.2, 0.25) is 10.0 Å². The smallest absolute Gasteiger partial charge is 0.209 e. The number of nitrogens with one attached hydrogen (secondary N) is 1. The van der Waals surface area contributed by atoms with Crippen LogP contribution in [0, 0.1) is 11.3 Å². The van der Waals surface area contributed by atoms with E-state index in [4.69, 9.17) is 16.9 Å². The molecule has 0 saturated heterocycles. The number of hydrogen-bond acceptors (Lipinski definition) is 3. The zero-order valence-electron chi connectivity index (χ0n) is 8.86. The monoisotopic (exact) mass is 258 g/mol. The SMILES string of the molecule is CC(C)NS(=O)(=O)c1ccc(C#N)cc1Cl. The molecule has 0 aliphatic carbocycles. The normalized spacial score (nSPS) is 11.4. The maximum absolute atomic E-state index is 11.8. The molecule has 1 aromatic carbocycles. The zero-order valence-corrected chi connectivity index (χ0v) is 10.4. The van der Waals surface area contributed by atoms with E-state index in [2.05, 4.69) is 4.72 Å². The summed E-state index contributed by atoms with van der Waals surface area (Å²) in [6.07, 6.45) is 0. The summed E-state index contributed by atoms with van der Waals surface area (Å²) in [4.78, 5) is -0.0122. The van der Waals surface area contributed by atoms with Crippen molar-refractivity contribution in [2.75, 3.05) is 0 Å². The standard InChI is InChI=1S/C10H11ClN2O2S/c1-7(2)13-16(14,15)10-4-3-8(6-12)5-9(10)11/h3-5,7,13H,1-2H3. The summed E-state index contributed by atoms with van der Waals surface area (Å²) in [7, 11) is -3.61. The zero-order chi connectivity index (χ0) is 12.3. The van der Waals surface area contributed by atoms with Crippen molar-refractivity contribution in [2.45, 2.75) is 24.8 Å². The first kappa shape index (κ1) is 13.0. The highest BCUT2D eigenvalue weighted by Crippen LogP contribution is 2.22. The molecular weight excluding hydrogens is 248 g/mol. The van der Waals surface area contributed by atoms with Gasteiger partial charge in [0, 0.05) is 6.04 Å². The Morgan fingerprint density at radius 3 is 2.50 bits per heavy atom. The van der Waals surface area contributed by atoms with E-state index in [9.17, 15) is 8.42 Å². The molecule has 0 amide bonds. The molecule has 0 aliphatic rings. The Balaban J connectivity index is 3.20. The van der Waals surface area contributed by atoms with Gasteiger partial charge in [0.1, 0.15) is 4.90 Å². The number of sulfonamides is 1. The van der Waals surface area contributed by atoms with E-state index in [0.717, 1.165) is 0 Å². The highest BCUT2D eigenvalue weighted by atomic mass is 35.5. The van der Waals surface area contributed by atoms with Gasteiger partial charge in [0.05, 0.1) is 16.7 Å². The van der Waals surface area contributed by atoms with Crippen molar-refractivity contribution in [1.82, 2.24) is 4.72 Å². The van der Waals surface area contributed by atoms with Crippen LogP contribution in [-0.4, -0.2) is 14.5 Å². The van der Waals surface area contributed by atoms with Gasteiger partial charge >= 0.3 is 0 Å². The predicted octanol–water partition coefficient (Wildman–Crippen LogP) is 1.90. The van der Waals surface area contributed by atoms with Gasteiger partial charge in [0.25, 0.3) is 0 Å². The quantitative estimate of drug-likeness (QED) is 0.900. The molecule has 1 rings (SSSR count). The average Bonchev–Trinajstić information content (AvgIpc) is 2.14. The van der Waals surface area contributed by atoms with Crippen LogP contribution in [-0.2, 0) is 10.0 Å². The topological polar surface area (TPSA) is 70.0 Å². The maximum Gasteiger partial charge on any atom is 0.242 e. The summed E-state index contributed by atoms with van der Waals surface area (Å²) in [5.74, 6) is 0. The number of halogens is 1. The third-order valence-electron chi connectivity index (χ3n) is 1.74. The van der Waals surface area contributed by atoms with Gasteiger partial charge in [-0.1, -0.05) is 11.6 Å². The van der Waals surface area contributed by atoms with Crippen molar-refractivity contribution in [3.63, 3.8) is 0 Å². The van der Waals surface area contributed by atoms with Crippen LogP contribution in [0.5, 0.6) is 0 Å². The van der Waals surface area contributed by atoms with Crippen LogP contribution in [0.4, 0.5) is 0 Å². The number of nitrogens with zero attached hydrogens (tertiary/aromatic N) is 1. The highest BCUT2D eigenvalue weighted by molar-refractivity contribution is 7.89. The lowest BCUT2D eigenvalue weighted by molar-refractivity contribution is 0.570. The lowest BCUT2D eigenvalue weighted by Gasteiger charge is -2.10. The second kappa shape index (κ2) is 4.83. The fourth-order valence-corrected chi connectivity index (χ4v) is 2.96. The van der Waals surface area contributed by atoms with Crippen LogP contribution < -0.4 is 4.72 Å². The van der Waals surface area contributed by atoms with Gasteiger partial charge in [0.15, 0.2) is 0 Å². The summed E-state index contributed by atoms with van der Waals surface area (Å²) in [6.45, 7) is 3.43. The Bertz CT molecular complexity index is 532. The number of rotatable bonds is 3. The molecular formula is C10H11ClN2O2S. The molecule has 0 aromatic heterocycles. The van der Waals surface area contributed by atoms with E-state index in [0.29, 0.717) is 5.56 Å². The van der Waals surface area contributed by atoms with E-state index >= 15 is 0 Å². The lowest BCUT2D eigenvalue weighted by Crippen LogP contribution is -2.30. The summed E-state index contributed by atoms with van der Waals surface area (Å²) in [5.41, 5.74) is 0.327. The van der Waals surface area contributed by atoms with Crippen molar-refractivity contribution in [1.29, 1.82) is 5.26 Å². The van der Waals surface area contributed by atoms with Crippen molar-refractivity contribution < 1.29 is 8.42 Å². The third-order valence-corrected chi connectivity index (χ3v) is 3.88. The Kier molecular flexibility index (Phi) is 3.92. The van der Waals surface area contributed by atoms with Gasteiger partial charge in [-0.3, -0.25) is 0 Å². The lowest BCUT2D eigenvalue weighted by atomic mass is 10.2. The first-order valence-electron chi connectivity index (χ1n) is 4.59. The number of nitriles is 1. The molecule has 1 N–H and O–H groups in total. The van der Waals surface area contributed by atoms with Crippen LogP contribution >= 0.6 is 11.6 Å². The fourth-order valence-electron chi connectivity index (χ4n) is 1.16. The third kappa shape index (κ3) is 2.95. The van der Waals surface area contributed by atoms with E-state index < -0.39 is 10.0 Å². The minimum absolute atomic E-state index is 0.0122. The van der Waals surface area contributed by atoms with Gasteiger partial charge in [-0.15, -0.1) is 0 Å². The van der Waals surface area contributed by atoms with E-state index in [-0.39, 0.29) is 16.0 Å².